The maximum absolute atomic E-state index is 12.9. The maximum atomic E-state index is 12.9. The van der Waals surface area contributed by atoms with E-state index in [2.05, 4.69) is 0 Å². The quantitative estimate of drug-likeness (QED) is 0.808. The summed E-state index contributed by atoms with van der Waals surface area (Å²) in [7, 11) is -3.51. The molecule has 0 saturated heterocycles. The maximum Gasteiger partial charge on any atom is 0.417 e. The number of hydrogen-bond acceptors (Lipinski definition) is 4. The Balaban J connectivity index is 3.09. The van der Waals surface area contributed by atoms with Crippen molar-refractivity contribution in [1.82, 2.24) is 0 Å². The second kappa shape index (κ2) is 4.93. The number of carbonyl (C=O) groups is 1. The summed E-state index contributed by atoms with van der Waals surface area (Å²) >= 11 is 0. The molecule has 0 amide bonds. The van der Waals surface area contributed by atoms with Crippen molar-refractivity contribution in [2.24, 2.45) is 11.7 Å². The summed E-state index contributed by atoms with van der Waals surface area (Å²) in [5.74, 6) is -3.60. The third kappa shape index (κ3) is 3.02. The Labute approximate surface area is 108 Å². The number of nitrogens with two attached hydrogens (primary N) is 1. The average molecular weight is 303 g/mol. The van der Waals surface area contributed by atoms with Crippen LogP contribution in [-0.4, -0.2) is 42.7 Å². The molecule has 1 fully saturated rings. The van der Waals surface area contributed by atoms with Gasteiger partial charge in [0.2, 0.25) is 5.54 Å². The van der Waals surface area contributed by atoms with Crippen molar-refractivity contribution in [3.05, 3.63) is 0 Å². The van der Waals surface area contributed by atoms with E-state index in [9.17, 15) is 26.4 Å². The van der Waals surface area contributed by atoms with E-state index in [1.807, 2.05) is 0 Å². The molecular weight excluding hydrogens is 287 g/mol. The van der Waals surface area contributed by atoms with Gasteiger partial charge in [0.05, 0.1) is 5.25 Å². The molecule has 3 atom stereocenters. The number of carboxylic acids is 1. The summed E-state index contributed by atoms with van der Waals surface area (Å²) < 4.78 is 61.5. The number of aliphatic carboxylic acids is 1. The SMILES string of the molecule is CS(=O)(=O)C1CCCC(C(N)(C(=O)O)C(F)(F)F)C1. The molecule has 0 heterocycles. The van der Waals surface area contributed by atoms with Gasteiger partial charge in [0, 0.05) is 6.26 Å². The van der Waals surface area contributed by atoms with Crippen LogP contribution in [0.3, 0.4) is 0 Å². The molecule has 0 aliphatic heterocycles. The van der Waals surface area contributed by atoms with Crippen molar-refractivity contribution < 1.29 is 31.5 Å². The third-order valence-corrected chi connectivity index (χ3v) is 5.34. The van der Waals surface area contributed by atoms with E-state index in [0.717, 1.165) is 6.26 Å². The number of halogens is 3. The summed E-state index contributed by atoms with van der Waals surface area (Å²) in [4.78, 5) is 10.9. The number of rotatable bonds is 3. The van der Waals surface area contributed by atoms with Gasteiger partial charge in [-0.25, -0.2) is 13.2 Å². The van der Waals surface area contributed by atoms with Crippen LogP contribution >= 0.6 is 0 Å². The van der Waals surface area contributed by atoms with Gasteiger partial charge in [-0.2, -0.15) is 13.2 Å². The Hall–Kier alpha value is -0.830. The molecule has 0 radical (unpaired) electrons. The lowest BCUT2D eigenvalue weighted by Crippen LogP contribution is -2.65. The van der Waals surface area contributed by atoms with Crippen LogP contribution in [0.25, 0.3) is 0 Å². The monoisotopic (exact) mass is 303 g/mol. The minimum absolute atomic E-state index is 0.0473. The van der Waals surface area contributed by atoms with Crippen molar-refractivity contribution in [1.29, 1.82) is 0 Å². The minimum atomic E-state index is -5.12. The lowest BCUT2D eigenvalue weighted by Gasteiger charge is -2.39. The Kier molecular flexibility index (Phi) is 4.21. The molecule has 0 aromatic rings. The van der Waals surface area contributed by atoms with Crippen molar-refractivity contribution in [3.63, 3.8) is 0 Å². The topological polar surface area (TPSA) is 97.5 Å². The fourth-order valence-electron chi connectivity index (χ4n) is 2.47. The summed E-state index contributed by atoms with van der Waals surface area (Å²) in [6.45, 7) is 0. The van der Waals surface area contributed by atoms with Crippen molar-refractivity contribution >= 4 is 15.8 Å². The molecule has 112 valence electrons. The van der Waals surface area contributed by atoms with Gasteiger partial charge in [-0.3, -0.25) is 0 Å². The highest BCUT2D eigenvalue weighted by Crippen LogP contribution is 2.42. The van der Waals surface area contributed by atoms with Crippen LogP contribution in [0.5, 0.6) is 0 Å². The first-order valence-electron chi connectivity index (χ1n) is 5.68. The smallest absolute Gasteiger partial charge is 0.417 e. The zero-order valence-electron chi connectivity index (χ0n) is 10.3. The van der Waals surface area contributed by atoms with E-state index in [4.69, 9.17) is 10.8 Å². The fourth-order valence-corrected chi connectivity index (χ4v) is 3.65. The van der Waals surface area contributed by atoms with Gasteiger partial charge < -0.3 is 10.8 Å². The van der Waals surface area contributed by atoms with Crippen LogP contribution in [-0.2, 0) is 14.6 Å². The van der Waals surface area contributed by atoms with E-state index in [1.54, 1.807) is 0 Å². The number of carboxylic acid groups (broad SMARTS) is 1. The van der Waals surface area contributed by atoms with Gasteiger partial charge in [-0.1, -0.05) is 6.42 Å². The predicted octanol–water partition coefficient (Wildman–Crippen LogP) is 0.934. The van der Waals surface area contributed by atoms with E-state index in [0.29, 0.717) is 0 Å². The highest BCUT2D eigenvalue weighted by molar-refractivity contribution is 7.91. The molecule has 5 nitrogen and oxygen atoms in total. The Morgan fingerprint density at radius 3 is 2.21 bits per heavy atom. The Morgan fingerprint density at radius 2 is 1.84 bits per heavy atom. The van der Waals surface area contributed by atoms with Gasteiger partial charge in [-0.05, 0) is 25.2 Å². The van der Waals surface area contributed by atoms with E-state index in [-0.39, 0.29) is 25.7 Å². The first-order chi connectivity index (χ1) is 8.40. The molecule has 3 N–H and O–H groups in total. The third-order valence-electron chi connectivity index (χ3n) is 3.70. The van der Waals surface area contributed by atoms with Gasteiger partial charge in [0.1, 0.15) is 9.84 Å². The summed E-state index contributed by atoms with van der Waals surface area (Å²) in [6.07, 6.45) is -4.15. The molecular formula is C10H16F3NO4S. The van der Waals surface area contributed by atoms with E-state index >= 15 is 0 Å². The zero-order valence-corrected chi connectivity index (χ0v) is 11.1. The molecule has 0 aromatic carbocycles. The minimum Gasteiger partial charge on any atom is -0.480 e. The van der Waals surface area contributed by atoms with Gasteiger partial charge in [0.15, 0.2) is 0 Å². The lowest BCUT2D eigenvalue weighted by atomic mass is 9.74. The normalized spacial score (nSPS) is 28.7. The summed E-state index contributed by atoms with van der Waals surface area (Å²) in [6, 6.07) is 0. The second-order valence-corrected chi connectivity index (χ2v) is 7.31. The molecule has 9 heteroatoms. The number of sulfone groups is 1. The van der Waals surface area contributed by atoms with Crippen molar-refractivity contribution in [2.45, 2.75) is 42.6 Å². The molecule has 19 heavy (non-hydrogen) atoms. The predicted molar refractivity (Wildman–Crippen MR) is 61.2 cm³/mol. The number of alkyl halides is 3. The van der Waals surface area contributed by atoms with Crippen LogP contribution in [0.2, 0.25) is 0 Å². The lowest BCUT2D eigenvalue weighted by molar-refractivity contribution is -0.215. The van der Waals surface area contributed by atoms with E-state index in [1.165, 1.54) is 0 Å². The largest absolute Gasteiger partial charge is 0.480 e. The van der Waals surface area contributed by atoms with Gasteiger partial charge in [0.25, 0.3) is 0 Å². The standard InChI is InChI=1S/C10H16F3NO4S/c1-19(17,18)7-4-2-3-6(5-7)9(14,8(15)16)10(11,12)13/h6-7H,2-5,14H2,1H3,(H,15,16). The van der Waals surface area contributed by atoms with Crippen LogP contribution < -0.4 is 5.73 Å². The first-order valence-corrected chi connectivity index (χ1v) is 7.64. The molecule has 1 aliphatic rings. The van der Waals surface area contributed by atoms with Gasteiger partial charge in [-0.15, -0.1) is 0 Å². The Morgan fingerprint density at radius 1 is 1.32 bits per heavy atom. The Bertz CT molecular complexity index is 462. The molecule has 0 spiro atoms. The van der Waals surface area contributed by atoms with E-state index < -0.39 is 38.7 Å². The van der Waals surface area contributed by atoms with Crippen LogP contribution in [0.15, 0.2) is 0 Å². The number of hydrogen-bond donors (Lipinski definition) is 2. The van der Waals surface area contributed by atoms with Crippen LogP contribution in [0, 0.1) is 5.92 Å². The summed E-state index contributed by atoms with van der Waals surface area (Å²) in [5.41, 5.74) is 1.69. The highest BCUT2D eigenvalue weighted by Gasteiger charge is 2.63. The molecule has 0 bridgehead atoms. The fraction of sp³-hybridized carbons (Fsp3) is 0.900. The van der Waals surface area contributed by atoms with Crippen LogP contribution in [0.1, 0.15) is 25.7 Å². The van der Waals surface area contributed by atoms with Crippen molar-refractivity contribution in [3.8, 4) is 0 Å². The molecule has 0 aromatic heterocycles. The second-order valence-electron chi connectivity index (χ2n) is 4.99. The first kappa shape index (κ1) is 16.2. The molecule has 1 rings (SSSR count). The molecule has 1 saturated carbocycles. The van der Waals surface area contributed by atoms with Crippen molar-refractivity contribution in [2.75, 3.05) is 6.26 Å². The highest BCUT2D eigenvalue weighted by atomic mass is 32.2. The summed E-state index contributed by atoms with van der Waals surface area (Å²) in [5, 5.41) is 7.85. The average Bonchev–Trinajstić information content (AvgIpc) is 2.25. The molecule has 1 aliphatic carbocycles. The zero-order chi connectivity index (χ0) is 15.1. The van der Waals surface area contributed by atoms with Gasteiger partial charge >= 0.3 is 12.1 Å². The molecule has 3 unspecified atom stereocenters. The van der Waals surface area contributed by atoms with Crippen LogP contribution in [0.4, 0.5) is 13.2 Å².